The highest BCUT2D eigenvalue weighted by Crippen LogP contribution is 2.14. The highest BCUT2D eigenvalue weighted by atomic mass is 16.2. The lowest BCUT2D eigenvalue weighted by Gasteiger charge is -2.32. The van der Waals surface area contributed by atoms with Crippen LogP contribution in [0, 0.1) is 0 Å². The number of carbonyl (C=O) groups is 2. The van der Waals surface area contributed by atoms with E-state index in [9.17, 15) is 9.59 Å². The van der Waals surface area contributed by atoms with Gasteiger partial charge in [0.25, 0.3) is 5.91 Å². The van der Waals surface area contributed by atoms with Crippen LogP contribution in [0.1, 0.15) is 29.6 Å². The molecule has 21 heavy (non-hydrogen) atoms. The van der Waals surface area contributed by atoms with Crippen molar-refractivity contribution in [3.05, 3.63) is 35.9 Å². The predicted octanol–water partition coefficient (Wildman–Crippen LogP) is 1.02. The van der Waals surface area contributed by atoms with Crippen LogP contribution in [0.2, 0.25) is 0 Å². The van der Waals surface area contributed by atoms with Gasteiger partial charge in [0.1, 0.15) is 0 Å². The summed E-state index contributed by atoms with van der Waals surface area (Å²) in [6.45, 7) is 2.09. The zero-order chi connectivity index (χ0) is 15.1. The van der Waals surface area contributed by atoms with Crippen molar-refractivity contribution in [3.63, 3.8) is 0 Å². The molecule has 2 amide bonds. The summed E-state index contributed by atoms with van der Waals surface area (Å²) in [5, 5.41) is 6.00. The molecular weight excluding hydrogens is 266 g/mol. The number of likely N-dealkylation sites (tertiary alicyclic amines) is 1. The maximum Gasteiger partial charge on any atom is 0.253 e. The lowest BCUT2D eigenvalue weighted by Crippen LogP contribution is -2.46. The van der Waals surface area contributed by atoms with Gasteiger partial charge in [0.15, 0.2) is 0 Å². The number of hydrogen-bond donors (Lipinski definition) is 2. The van der Waals surface area contributed by atoms with Gasteiger partial charge in [0.05, 0.1) is 0 Å². The summed E-state index contributed by atoms with van der Waals surface area (Å²) in [7, 11) is 1.83. The molecule has 0 atom stereocenters. The third kappa shape index (κ3) is 4.56. The first kappa shape index (κ1) is 15.5. The quantitative estimate of drug-likeness (QED) is 0.850. The van der Waals surface area contributed by atoms with E-state index in [-0.39, 0.29) is 17.9 Å². The van der Waals surface area contributed by atoms with Gasteiger partial charge < -0.3 is 15.5 Å². The summed E-state index contributed by atoms with van der Waals surface area (Å²) in [5.41, 5.74) is 0.731. The molecule has 2 N–H and O–H groups in total. The van der Waals surface area contributed by atoms with Crippen LogP contribution in [0.25, 0.3) is 0 Å². The Balaban J connectivity index is 1.78. The van der Waals surface area contributed by atoms with E-state index in [1.807, 2.05) is 42.3 Å². The molecule has 1 fully saturated rings. The molecular formula is C16H23N3O2. The van der Waals surface area contributed by atoms with Gasteiger partial charge >= 0.3 is 0 Å². The third-order valence-corrected chi connectivity index (χ3v) is 3.77. The van der Waals surface area contributed by atoms with Gasteiger partial charge in [-0.25, -0.2) is 0 Å². The van der Waals surface area contributed by atoms with Gasteiger partial charge in [-0.1, -0.05) is 18.2 Å². The number of carbonyl (C=O) groups excluding carboxylic acids is 2. The minimum Gasteiger partial charge on any atom is -0.353 e. The lowest BCUT2D eigenvalue weighted by atomic mass is 10.0. The van der Waals surface area contributed by atoms with E-state index in [2.05, 4.69) is 10.6 Å². The van der Waals surface area contributed by atoms with Crippen molar-refractivity contribution in [2.24, 2.45) is 0 Å². The first-order valence-corrected chi connectivity index (χ1v) is 7.49. The van der Waals surface area contributed by atoms with Crippen molar-refractivity contribution in [2.45, 2.75) is 25.3 Å². The van der Waals surface area contributed by atoms with Crippen LogP contribution in [0.15, 0.2) is 30.3 Å². The van der Waals surface area contributed by atoms with Crippen LogP contribution in [-0.4, -0.2) is 49.4 Å². The Morgan fingerprint density at radius 1 is 1.19 bits per heavy atom. The monoisotopic (exact) mass is 289 g/mol. The Kier molecular flexibility index (Phi) is 5.75. The van der Waals surface area contributed by atoms with Crippen LogP contribution in [0.4, 0.5) is 0 Å². The number of benzene rings is 1. The molecule has 1 saturated heterocycles. The van der Waals surface area contributed by atoms with Gasteiger partial charge in [0.2, 0.25) is 5.91 Å². The molecule has 0 bridgehead atoms. The van der Waals surface area contributed by atoms with Crippen LogP contribution in [-0.2, 0) is 4.79 Å². The van der Waals surface area contributed by atoms with E-state index in [0.29, 0.717) is 26.1 Å². The molecule has 2 rings (SSSR count). The van der Waals surface area contributed by atoms with Crippen LogP contribution < -0.4 is 10.6 Å². The predicted molar refractivity (Wildman–Crippen MR) is 82.1 cm³/mol. The molecule has 0 spiro atoms. The molecule has 1 aromatic rings. The van der Waals surface area contributed by atoms with Gasteiger partial charge in [-0.3, -0.25) is 9.59 Å². The van der Waals surface area contributed by atoms with Gasteiger partial charge in [-0.2, -0.15) is 0 Å². The summed E-state index contributed by atoms with van der Waals surface area (Å²) >= 11 is 0. The summed E-state index contributed by atoms with van der Waals surface area (Å²) in [5.74, 6) is 0.160. The molecule has 0 unspecified atom stereocenters. The zero-order valence-corrected chi connectivity index (χ0v) is 12.5. The van der Waals surface area contributed by atoms with E-state index in [4.69, 9.17) is 0 Å². The number of nitrogens with one attached hydrogen (secondary N) is 2. The molecule has 5 heteroatoms. The Hall–Kier alpha value is -1.88. The number of piperidine rings is 1. The van der Waals surface area contributed by atoms with Gasteiger partial charge in [-0.05, 0) is 32.0 Å². The minimum absolute atomic E-state index is 0.0792. The molecule has 5 nitrogen and oxygen atoms in total. The van der Waals surface area contributed by atoms with Crippen molar-refractivity contribution in [3.8, 4) is 0 Å². The molecule has 0 aromatic heterocycles. The van der Waals surface area contributed by atoms with Crippen LogP contribution >= 0.6 is 0 Å². The fourth-order valence-electron chi connectivity index (χ4n) is 2.53. The smallest absolute Gasteiger partial charge is 0.253 e. The van der Waals surface area contributed by atoms with Crippen molar-refractivity contribution < 1.29 is 9.59 Å². The van der Waals surface area contributed by atoms with E-state index in [0.717, 1.165) is 18.4 Å². The third-order valence-electron chi connectivity index (χ3n) is 3.77. The summed E-state index contributed by atoms with van der Waals surface area (Å²) in [4.78, 5) is 25.8. The Bertz CT molecular complexity index is 468. The molecule has 0 radical (unpaired) electrons. The Morgan fingerprint density at radius 2 is 1.86 bits per heavy atom. The molecule has 1 aliphatic heterocycles. The van der Waals surface area contributed by atoms with E-state index < -0.39 is 0 Å². The largest absolute Gasteiger partial charge is 0.353 e. The van der Waals surface area contributed by atoms with Crippen LogP contribution in [0.3, 0.4) is 0 Å². The molecule has 114 valence electrons. The van der Waals surface area contributed by atoms with Crippen molar-refractivity contribution in [2.75, 3.05) is 26.7 Å². The average Bonchev–Trinajstić information content (AvgIpc) is 2.54. The SMILES string of the molecule is CNCCC(=O)NC1CCN(C(=O)c2ccccc2)CC1. The highest BCUT2D eigenvalue weighted by molar-refractivity contribution is 5.94. The second-order valence-electron chi connectivity index (χ2n) is 5.35. The fraction of sp³-hybridized carbons (Fsp3) is 0.500. The topological polar surface area (TPSA) is 61.4 Å². The standard InChI is InChI=1S/C16H23N3O2/c1-17-10-7-15(20)18-14-8-11-19(12-9-14)16(21)13-5-3-2-4-6-13/h2-6,14,17H,7-12H2,1H3,(H,18,20). The summed E-state index contributed by atoms with van der Waals surface area (Å²) in [6, 6.07) is 9.53. The maximum atomic E-state index is 12.3. The van der Waals surface area contributed by atoms with Gasteiger partial charge in [-0.15, -0.1) is 0 Å². The summed E-state index contributed by atoms with van der Waals surface area (Å²) in [6.07, 6.45) is 2.15. The number of hydrogen-bond acceptors (Lipinski definition) is 3. The molecule has 1 aliphatic rings. The fourth-order valence-corrected chi connectivity index (χ4v) is 2.53. The normalized spacial score (nSPS) is 15.8. The summed E-state index contributed by atoms with van der Waals surface area (Å²) < 4.78 is 0. The lowest BCUT2D eigenvalue weighted by molar-refractivity contribution is -0.121. The number of amides is 2. The number of nitrogens with zero attached hydrogens (tertiary/aromatic N) is 1. The van der Waals surface area contributed by atoms with Gasteiger partial charge in [0, 0.05) is 37.7 Å². The number of rotatable bonds is 5. The van der Waals surface area contributed by atoms with Crippen molar-refractivity contribution in [1.29, 1.82) is 0 Å². The first-order valence-electron chi connectivity index (χ1n) is 7.49. The first-order chi connectivity index (χ1) is 10.2. The molecule has 1 aromatic carbocycles. The molecule has 0 saturated carbocycles. The van der Waals surface area contributed by atoms with Crippen molar-refractivity contribution >= 4 is 11.8 Å². The highest BCUT2D eigenvalue weighted by Gasteiger charge is 2.24. The average molecular weight is 289 g/mol. The second kappa shape index (κ2) is 7.78. The van der Waals surface area contributed by atoms with E-state index in [1.165, 1.54) is 0 Å². The zero-order valence-electron chi connectivity index (χ0n) is 12.5. The van der Waals surface area contributed by atoms with E-state index in [1.54, 1.807) is 0 Å². The van der Waals surface area contributed by atoms with Crippen molar-refractivity contribution in [1.82, 2.24) is 15.5 Å². The maximum absolute atomic E-state index is 12.3. The van der Waals surface area contributed by atoms with E-state index >= 15 is 0 Å². The molecule has 0 aliphatic carbocycles. The second-order valence-corrected chi connectivity index (χ2v) is 5.35. The minimum atomic E-state index is 0.0792. The Labute approximate surface area is 125 Å². The molecule has 1 heterocycles. The Morgan fingerprint density at radius 3 is 2.48 bits per heavy atom. The van der Waals surface area contributed by atoms with Crippen LogP contribution in [0.5, 0.6) is 0 Å².